The molecule has 3 N–H and O–H groups in total. The third-order valence-corrected chi connectivity index (χ3v) is 2.75. The number of hydrogen-bond donors (Lipinski definition) is 3. The van der Waals surface area contributed by atoms with E-state index in [0.29, 0.717) is 6.54 Å². The lowest BCUT2D eigenvalue weighted by Gasteiger charge is -1.99. The summed E-state index contributed by atoms with van der Waals surface area (Å²) < 4.78 is 0. The highest BCUT2D eigenvalue weighted by molar-refractivity contribution is 7.11. The Morgan fingerprint density at radius 1 is 1.53 bits per heavy atom. The summed E-state index contributed by atoms with van der Waals surface area (Å²) in [5.41, 5.74) is 0.634. The van der Waals surface area contributed by atoms with E-state index >= 15 is 0 Å². The Bertz CT molecular complexity index is 534. The van der Waals surface area contributed by atoms with E-state index in [9.17, 15) is 9.59 Å². The molecule has 2 heterocycles. The fourth-order valence-electron chi connectivity index (χ4n) is 1.11. The van der Waals surface area contributed by atoms with Crippen LogP contribution in [0, 0.1) is 0 Å². The number of aromatic amines is 1. The van der Waals surface area contributed by atoms with Crippen molar-refractivity contribution in [3.63, 3.8) is 0 Å². The quantitative estimate of drug-likeness (QED) is 0.734. The van der Waals surface area contributed by atoms with Crippen LogP contribution in [0.1, 0.15) is 26.0 Å². The van der Waals surface area contributed by atoms with Gasteiger partial charge in [0.1, 0.15) is 0 Å². The van der Waals surface area contributed by atoms with Crippen LogP contribution in [0.3, 0.4) is 0 Å². The molecule has 0 saturated heterocycles. The third-order valence-electron chi connectivity index (χ3n) is 1.91. The lowest BCUT2D eigenvalue weighted by molar-refractivity contribution is 0.0691. The summed E-state index contributed by atoms with van der Waals surface area (Å²) in [7, 11) is 0. The second-order valence-electron chi connectivity index (χ2n) is 3.10. The molecule has 0 atom stereocenters. The van der Waals surface area contributed by atoms with Crippen LogP contribution in [0.25, 0.3) is 0 Å². The van der Waals surface area contributed by atoms with Gasteiger partial charge in [0.05, 0.1) is 18.6 Å². The molecule has 0 fully saturated rings. The molecule has 1 amide bonds. The van der Waals surface area contributed by atoms with E-state index in [2.05, 4.69) is 20.3 Å². The Hall–Kier alpha value is -2.22. The molecule has 0 saturated carbocycles. The molecular weight excluding hydrogens is 244 g/mol. The number of thiazole rings is 1. The topological polar surface area (TPSA) is 108 Å². The Labute approximate surface area is 99.5 Å². The zero-order valence-corrected chi connectivity index (χ0v) is 9.32. The average molecular weight is 252 g/mol. The van der Waals surface area contributed by atoms with E-state index in [4.69, 9.17) is 5.11 Å². The maximum Gasteiger partial charge on any atom is 0.355 e. The Morgan fingerprint density at radius 2 is 2.35 bits per heavy atom. The van der Waals surface area contributed by atoms with E-state index in [-0.39, 0.29) is 10.7 Å². The van der Waals surface area contributed by atoms with Crippen molar-refractivity contribution in [1.82, 2.24) is 20.3 Å². The van der Waals surface area contributed by atoms with E-state index in [1.54, 1.807) is 6.20 Å². The molecule has 0 bridgehead atoms. The summed E-state index contributed by atoms with van der Waals surface area (Å²) >= 11 is 0.993. The van der Waals surface area contributed by atoms with Crippen LogP contribution in [-0.2, 0) is 6.54 Å². The number of amides is 1. The van der Waals surface area contributed by atoms with Gasteiger partial charge in [-0.05, 0) is 0 Å². The number of nitrogens with one attached hydrogen (secondary N) is 2. The van der Waals surface area contributed by atoms with Gasteiger partial charge in [0, 0.05) is 11.6 Å². The largest absolute Gasteiger partial charge is 0.476 e. The van der Waals surface area contributed by atoms with Gasteiger partial charge >= 0.3 is 5.97 Å². The van der Waals surface area contributed by atoms with Crippen LogP contribution in [0.5, 0.6) is 0 Å². The van der Waals surface area contributed by atoms with Gasteiger partial charge in [-0.3, -0.25) is 4.79 Å². The minimum atomic E-state index is -1.14. The number of rotatable bonds is 4. The Balaban J connectivity index is 1.97. The van der Waals surface area contributed by atoms with E-state index < -0.39 is 11.9 Å². The van der Waals surface area contributed by atoms with Gasteiger partial charge < -0.3 is 15.4 Å². The second kappa shape index (κ2) is 4.74. The molecule has 88 valence electrons. The van der Waals surface area contributed by atoms with Crippen molar-refractivity contribution >= 4 is 23.2 Å². The SMILES string of the molecule is O=C(O)c1csc(C(=O)NCc2cnc[nH]2)n1. The molecule has 17 heavy (non-hydrogen) atoms. The molecular formula is C9H8N4O3S. The predicted octanol–water partition coefficient (Wildman–Crippen LogP) is 0.494. The van der Waals surface area contributed by atoms with Crippen LogP contribution >= 0.6 is 11.3 Å². The first-order valence-electron chi connectivity index (χ1n) is 4.61. The van der Waals surface area contributed by atoms with Gasteiger partial charge in [-0.1, -0.05) is 0 Å². The monoisotopic (exact) mass is 252 g/mol. The van der Waals surface area contributed by atoms with Gasteiger partial charge in [0.25, 0.3) is 5.91 Å². The highest BCUT2D eigenvalue weighted by Gasteiger charge is 2.14. The number of carbonyl (C=O) groups excluding carboxylic acids is 1. The van der Waals surface area contributed by atoms with E-state index in [0.717, 1.165) is 17.0 Å². The first-order chi connectivity index (χ1) is 8.16. The van der Waals surface area contributed by atoms with Crippen molar-refractivity contribution in [3.8, 4) is 0 Å². The van der Waals surface area contributed by atoms with Crippen LogP contribution in [0.15, 0.2) is 17.9 Å². The van der Waals surface area contributed by atoms with Gasteiger partial charge in [0.15, 0.2) is 10.7 Å². The number of imidazole rings is 1. The fourth-order valence-corrected chi connectivity index (χ4v) is 1.82. The summed E-state index contributed by atoms with van der Waals surface area (Å²) in [4.78, 5) is 32.5. The molecule has 8 heteroatoms. The number of carbonyl (C=O) groups is 2. The smallest absolute Gasteiger partial charge is 0.355 e. The van der Waals surface area contributed by atoms with Gasteiger partial charge in [-0.2, -0.15) is 0 Å². The number of aromatic carboxylic acids is 1. The molecule has 0 aliphatic rings. The maximum atomic E-state index is 11.6. The number of nitrogens with zero attached hydrogens (tertiary/aromatic N) is 2. The first-order valence-corrected chi connectivity index (χ1v) is 5.49. The minimum absolute atomic E-state index is 0.123. The molecule has 2 rings (SSSR count). The molecule has 0 spiro atoms. The zero-order chi connectivity index (χ0) is 12.3. The minimum Gasteiger partial charge on any atom is -0.476 e. The van der Waals surface area contributed by atoms with Crippen molar-refractivity contribution in [3.05, 3.63) is 34.3 Å². The van der Waals surface area contributed by atoms with Crippen molar-refractivity contribution < 1.29 is 14.7 Å². The zero-order valence-electron chi connectivity index (χ0n) is 8.51. The summed E-state index contributed by atoms with van der Waals surface area (Å²) in [6.07, 6.45) is 3.10. The highest BCUT2D eigenvalue weighted by Crippen LogP contribution is 2.09. The van der Waals surface area contributed by atoms with Gasteiger partial charge in [-0.15, -0.1) is 11.3 Å². The summed E-state index contributed by atoms with van der Waals surface area (Å²) in [5.74, 6) is -1.55. The molecule has 0 aromatic carbocycles. The summed E-state index contributed by atoms with van der Waals surface area (Å²) in [6, 6.07) is 0. The van der Waals surface area contributed by atoms with Crippen molar-refractivity contribution in [2.45, 2.75) is 6.54 Å². The second-order valence-corrected chi connectivity index (χ2v) is 3.96. The number of carboxylic acid groups (broad SMARTS) is 1. The molecule has 7 nitrogen and oxygen atoms in total. The summed E-state index contributed by atoms with van der Waals surface area (Å²) in [5, 5.41) is 12.7. The standard InChI is InChI=1S/C9H8N4O3S/c14-7(11-2-5-1-10-4-12-5)8-13-6(3-17-8)9(15)16/h1,3-4H,2H2,(H,10,12)(H,11,14)(H,15,16). The van der Waals surface area contributed by atoms with E-state index in [1.807, 2.05) is 0 Å². The van der Waals surface area contributed by atoms with E-state index in [1.165, 1.54) is 11.7 Å². The predicted molar refractivity (Wildman–Crippen MR) is 58.8 cm³/mol. The maximum absolute atomic E-state index is 11.6. The lowest BCUT2D eigenvalue weighted by Crippen LogP contribution is -2.22. The third kappa shape index (κ3) is 2.67. The van der Waals surface area contributed by atoms with Crippen molar-refractivity contribution in [1.29, 1.82) is 0 Å². The number of H-pyrrole nitrogens is 1. The van der Waals surface area contributed by atoms with Gasteiger partial charge in [-0.25, -0.2) is 14.8 Å². The lowest BCUT2D eigenvalue weighted by atomic mass is 10.4. The number of carboxylic acids is 1. The first kappa shape index (κ1) is 11.3. The van der Waals surface area contributed by atoms with Crippen LogP contribution in [-0.4, -0.2) is 31.9 Å². The molecule has 0 radical (unpaired) electrons. The molecule has 0 aliphatic carbocycles. The Kier molecular flexibility index (Phi) is 3.15. The summed E-state index contributed by atoms with van der Waals surface area (Å²) in [6.45, 7) is 0.292. The van der Waals surface area contributed by atoms with Crippen LogP contribution in [0.4, 0.5) is 0 Å². The molecule has 2 aromatic rings. The van der Waals surface area contributed by atoms with Crippen molar-refractivity contribution in [2.24, 2.45) is 0 Å². The van der Waals surface area contributed by atoms with Crippen LogP contribution < -0.4 is 5.32 Å². The molecule has 0 aliphatic heterocycles. The van der Waals surface area contributed by atoms with Crippen molar-refractivity contribution in [2.75, 3.05) is 0 Å². The highest BCUT2D eigenvalue weighted by atomic mass is 32.1. The average Bonchev–Trinajstić information content (AvgIpc) is 2.96. The normalized spacial score (nSPS) is 10.1. The number of aromatic nitrogens is 3. The van der Waals surface area contributed by atoms with Crippen LogP contribution in [0.2, 0.25) is 0 Å². The number of hydrogen-bond acceptors (Lipinski definition) is 5. The molecule has 0 unspecified atom stereocenters. The Morgan fingerprint density at radius 3 is 2.94 bits per heavy atom. The fraction of sp³-hybridized carbons (Fsp3) is 0.111. The molecule has 2 aromatic heterocycles. The van der Waals surface area contributed by atoms with Gasteiger partial charge in [0.2, 0.25) is 0 Å².